The molecule has 0 unspecified atom stereocenters. The van der Waals surface area contributed by atoms with Crippen LogP contribution in [0.2, 0.25) is 0 Å². The lowest BCUT2D eigenvalue weighted by atomic mass is 10.5. The third-order valence-electron chi connectivity index (χ3n) is 1.44. The van der Waals surface area contributed by atoms with Crippen molar-refractivity contribution in [3.63, 3.8) is 0 Å². The summed E-state index contributed by atoms with van der Waals surface area (Å²) in [5.74, 6) is 0.469. The summed E-state index contributed by atoms with van der Waals surface area (Å²) in [6.45, 7) is 0.443. The first-order chi connectivity index (χ1) is 5.74. The first kappa shape index (κ1) is 8.86. The van der Waals surface area contributed by atoms with E-state index in [4.69, 9.17) is 5.11 Å². The molecule has 0 aliphatic heterocycles. The summed E-state index contributed by atoms with van der Waals surface area (Å²) in [7, 11) is 1.72. The number of likely N-dealkylation sites (N-methyl/N-ethyl adjacent to an activating group) is 1. The van der Waals surface area contributed by atoms with Crippen molar-refractivity contribution < 1.29 is 9.50 Å². The van der Waals surface area contributed by atoms with E-state index < -0.39 is 6.08 Å². The molecule has 0 saturated carbocycles. The molecule has 1 aromatic rings. The van der Waals surface area contributed by atoms with Gasteiger partial charge in [-0.1, -0.05) is 0 Å². The Morgan fingerprint density at radius 2 is 2.42 bits per heavy atom. The zero-order chi connectivity index (χ0) is 8.97. The predicted molar refractivity (Wildman–Crippen MR) is 42.3 cm³/mol. The van der Waals surface area contributed by atoms with Gasteiger partial charge in [-0.3, -0.25) is 0 Å². The van der Waals surface area contributed by atoms with Crippen LogP contribution in [-0.2, 0) is 0 Å². The topological polar surface area (TPSA) is 49.2 Å². The minimum atomic E-state index is -0.753. The van der Waals surface area contributed by atoms with Crippen molar-refractivity contribution in [1.82, 2.24) is 9.97 Å². The maximum atomic E-state index is 12.5. The van der Waals surface area contributed by atoms with Crippen molar-refractivity contribution in [2.45, 2.75) is 0 Å². The lowest BCUT2D eigenvalue weighted by molar-refractivity contribution is 0.303. The summed E-state index contributed by atoms with van der Waals surface area (Å²) in [5.41, 5.74) is 0. The second-order valence-electron chi connectivity index (χ2n) is 2.33. The Morgan fingerprint density at radius 1 is 1.67 bits per heavy atom. The highest BCUT2D eigenvalue weighted by Crippen LogP contribution is 2.05. The van der Waals surface area contributed by atoms with Crippen LogP contribution in [-0.4, -0.2) is 35.3 Å². The summed E-state index contributed by atoms with van der Waals surface area (Å²) in [6, 6.07) is 1.58. The van der Waals surface area contributed by atoms with Crippen LogP contribution in [0.5, 0.6) is 0 Å². The van der Waals surface area contributed by atoms with Crippen LogP contribution in [0.1, 0.15) is 0 Å². The third kappa shape index (κ3) is 2.13. The number of aliphatic hydroxyl groups excluding tert-OH is 1. The molecule has 1 N–H and O–H groups in total. The lowest BCUT2D eigenvalue weighted by Gasteiger charge is -2.15. The molecule has 0 aliphatic rings. The van der Waals surface area contributed by atoms with Gasteiger partial charge in [0.15, 0.2) is 0 Å². The molecule has 1 aromatic heterocycles. The van der Waals surface area contributed by atoms with Crippen molar-refractivity contribution in [1.29, 1.82) is 0 Å². The summed E-state index contributed by atoms with van der Waals surface area (Å²) in [5, 5.41) is 8.59. The first-order valence-electron chi connectivity index (χ1n) is 3.54. The number of halogens is 1. The number of anilines is 1. The van der Waals surface area contributed by atoms with E-state index in [0.717, 1.165) is 0 Å². The molecule has 1 rings (SSSR count). The molecule has 0 saturated heterocycles. The number of aliphatic hydroxyl groups is 1. The van der Waals surface area contributed by atoms with Gasteiger partial charge in [-0.15, -0.1) is 0 Å². The van der Waals surface area contributed by atoms with Gasteiger partial charge in [0.2, 0.25) is 0 Å². The van der Waals surface area contributed by atoms with Gasteiger partial charge in [-0.2, -0.15) is 9.37 Å². The molecule has 0 radical (unpaired) electrons. The van der Waals surface area contributed by atoms with Crippen LogP contribution in [0.25, 0.3) is 0 Å². The molecule has 12 heavy (non-hydrogen) atoms. The number of aromatic nitrogens is 2. The van der Waals surface area contributed by atoms with E-state index in [-0.39, 0.29) is 6.61 Å². The number of hydrogen-bond acceptors (Lipinski definition) is 4. The molecule has 0 bridgehead atoms. The minimum Gasteiger partial charge on any atom is -0.395 e. The van der Waals surface area contributed by atoms with Crippen molar-refractivity contribution in [2.75, 3.05) is 25.1 Å². The molecule has 4 nitrogen and oxygen atoms in total. The Balaban J connectivity index is 2.73. The van der Waals surface area contributed by atoms with E-state index >= 15 is 0 Å². The van der Waals surface area contributed by atoms with Crippen molar-refractivity contribution >= 4 is 5.82 Å². The quantitative estimate of drug-likeness (QED) is 0.652. The number of hydrogen-bond donors (Lipinski definition) is 1. The highest BCUT2D eigenvalue weighted by molar-refractivity contribution is 5.34. The highest BCUT2D eigenvalue weighted by atomic mass is 19.1. The maximum absolute atomic E-state index is 12.5. The molecule has 0 fully saturated rings. The van der Waals surface area contributed by atoms with Crippen LogP contribution in [0.3, 0.4) is 0 Å². The second-order valence-corrected chi connectivity index (χ2v) is 2.33. The van der Waals surface area contributed by atoms with E-state index in [1.165, 1.54) is 6.20 Å². The Kier molecular flexibility index (Phi) is 2.93. The fourth-order valence-corrected chi connectivity index (χ4v) is 0.803. The molecule has 0 spiro atoms. The highest BCUT2D eigenvalue weighted by Gasteiger charge is 2.02. The molecular weight excluding hydrogens is 161 g/mol. The second kappa shape index (κ2) is 3.96. The van der Waals surface area contributed by atoms with Gasteiger partial charge in [0.25, 0.3) is 0 Å². The molecule has 0 aromatic carbocycles. The van der Waals surface area contributed by atoms with Gasteiger partial charge in [0.1, 0.15) is 5.82 Å². The van der Waals surface area contributed by atoms with Gasteiger partial charge in [-0.05, 0) is 6.07 Å². The molecule has 5 heteroatoms. The van der Waals surface area contributed by atoms with Crippen LogP contribution in [0, 0.1) is 6.08 Å². The molecule has 0 atom stereocenters. The summed E-state index contributed by atoms with van der Waals surface area (Å²) >= 11 is 0. The van der Waals surface area contributed by atoms with Crippen LogP contribution in [0.4, 0.5) is 10.2 Å². The summed E-state index contributed by atoms with van der Waals surface area (Å²) < 4.78 is 12.5. The zero-order valence-electron chi connectivity index (χ0n) is 6.74. The van der Waals surface area contributed by atoms with Crippen LogP contribution in [0.15, 0.2) is 12.3 Å². The van der Waals surface area contributed by atoms with Crippen molar-refractivity contribution in [3.8, 4) is 0 Å². The average molecular weight is 171 g/mol. The van der Waals surface area contributed by atoms with E-state index in [1.54, 1.807) is 18.0 Å². The van der Waals surface area contributed by atoms with Gasteiger partial charge in [0.05, 0.1) is 6.61 Å². The van der Waals surface area contributed by atoms with E-state index in [2.05, 4.69) is 9.97 Å². The van der Waals surface area contributed by atoms with Gasteiger partial charge in [0, 0.05) is 19.8 Å². The largest absolute Gasteiger partial charge is 0.395 e. The van der Waals surface area contributed by atoms with Crippen LogP contribution >= 0.6 is 0 Å². The Labute approximate surface area is 69.7 Å². The van der Waals surface area contributed by atoms with Gasteiger partial charge >= 0.3 is 6.08 Å². The molecular formula is C7H10FN3O. The Bertz CT molecular complexity index is 256. The summed E-state index contributed by atoms with van der Waals surface area (Å²) in [6.07, 6.45) is 0.586. The van der Waals surface area contributed by atoms with Gasteiger partial charge < -0.3 is 10.0 Å². The number of nitrogens with zero attached hydrogens (tertiary/aromatic N) is 3. The van der Waals surface area contributed by atoms with Crippen LogP contribution < -0.4 is 4.90 Å². The van der Waals surface area contributed by atoms with E-state index in [1.807, 2.05) is 0 Å². The van der Waals surface area contributed by atoms with Crippen molar-refractivity contribution in [3.05, 3.63) is 18.3 Å². The SMILES string of the molecule is CN(CCO)c1ccnc(F)n1. The molecule has 1 heterocycles. The monoisotopic (exact) mass is 171 g/mol. The maximum Gasteiger partial charge on any atom is 0.310 e. The standard InChI is InChI=1S/C7H10FN3O/c1-11(4-5-12)6-2-3-9-7(8)10-6/h2-3,12H,4-5H2,1H3. The van der Waals surface area contributed by atoms with Crippen molar-refractivity contribution in [2.24, 2.45) is 0 Å². The minimum absolute atomic E-state index is 0.0160. The predicted octanol–water partition coefficient (Wildman–Crippen LogP) is 0.0442. The Morgan fingerprint density at radius 3 is 3.00 bits per heavy atom. The summed E-state index contributed by atoms with van der Waals surface area (Å²) in [4.78, 5) is 8.49. The molecule has 0 aliphatic carbocycles. The zero-order valence-corrected chi connectivity index (χ0v) is 6.74. The Hall–Kier alpha value is -1.23. The third-order valence-corrected chi connectivity index (χ3v) is 1.44. The molecule has 66 valence electrons. The lowest BCUT2D eigenvalue weighted by Crippen LogP contribution is -2.22. The smallest absolute Gasteiger partial charge is 0.310 e. The van der Waals surface area contributed by atoms with Gasteiger partial charge in [-0.25, -0.2) is 4.98 Å². The molecule has 0 amide bonds. The fourth-order valence-electron chi connectivity index (χ4n) is 0.803. The fraction of sp³-hybridized carbons (Fsp3) is 0.429. The first-order valence-corrected chi connectivity index (χ1v) is 3.54. The van der Waals surface area contributed by atoms with E-state index in [0.29, 0.717) is 12.4 Å². The normalized spacial score (nSPS) is 9.92. The number of rotatable bonds is 3. The average Bonchev–Trinajstić information content (AvgIpc) is 2.05. The van der Waals surface area contributed by atoms with E-state index in [9.17, 15) is 4.39 Å².